The second kappa shape index (κ2) is 9.64. The summed E-state index contributed by atoms with van der Waals surface area (Å²) in [4.78, 5) is 14.2. The van der Waals surface area contributed by atoms with Crippen LogP contribution in [-0.4, -0.2) is 54.8 Å². The molecule has 0 aromatic heterocycles. The third-order valence-electron chi connectivity index (χ3n) is 4.26. The smallest absolute Gasteiger partial charge is 0.234 e. The van der Waals surface area contributed by atoms with Gasteiger partial charge in [-0.15, -0.1) is 0 Å². The highest BCUT2D eigenvalue weighted by atomic mass is 16.5. The van der Waals surface area contributed by atoms with Crippen molar-refractivity contribution in [1.82, 2.24) is 10.2 Å². The number of aliphatic hydroxyl groups excluding tert-OH is 1. The predicted octanol–water partition coefficient (Wildman–Crippen LogP) is 1.84. The molecule has 1 fully saturated rings. The van der Waals surface area contributed by atoms with E-state index in [4.69, 9.17) is 4.74 Å². The third kappa shape index (κ3) is 6.49. The third-order valence-corrected chi connectivity index (χ3v) is 4.26. The highest BCUT2D eigenvalue weighted by Crippen LogP contribution is 2.15. The van der Waals surface area contributed by atoms with Gasteiger partial charge in [-0.25, -0.2) is 0 Å². The Labute approximate surface area is 145 Å². The normalized spacial score (nSPS) is 18.6. The van der Waals surface area contributed by atoms with Crippen LogP contribution in [0.4, 0.5) is 0 Å². The van der Waals surface area contributed by atoms with E-state index in [1.54, 1.807) is 0 Å². The van der Waals surface area contributed by atoms with E-state index in [0.717, 1.165) is 38.1 Å². The molecule has 0 saturated carbocycles. The number of hydrogen-bond donors (Lipinski definition) is 2. The molecule has 5 heteroatoms. The fraction of sp³-hybridized carbons (Fsp3) is 0.632. The van der Waals surface area contributed by atoms with Gasteiger partial charge in [0.2, 0.25) is 5.91 Å². The lowest BCUT2D eigenvalue weighted by Gasteiger charge is -2.31. The van der Waals surface area contributed by atoms with Crippen molar-refractivity contribution in [3.05, 3.63) is 29.8 Å². The number of aliphatic hydroxyl groups is 1. The van der Waals surface area contributed by atoms with Crippen molar-refractivity contribution in [1.29, 1.82) is 0 Å². The van der Waals surface area contributed by atoms with Gasteiger partial charge in [0.25, 0.3) is 0 Å². The fourth-order valence-corrected chi connectivity index (χ4v) is 3.06. The van der Waals surface area contributed by atoms with Crippen LogP contribution in [-0.2, 0) is 11.2 Å². The van der Waals surface area contributed by atoms with Crippen LogP contribution in [0.3, 0.4) is 0 Å². The number of piperidine rings is 1. The van der Waals surface area contributed by atoms with Crippen molar-refractivity contribution < 1.29 is 14.6 Å². The molecule has 1 atom stereocenters. The van der Waals surface area contributed by atoms with E-state index in [9.17, 15) is 9.90 Å². The second-order valence-electron chi connectivity index (χ2n) is 6.84. The van der Waals surface area contributed by atoms with Gasteiger partial charge in [0.15, 0.2) is 0 Å². The predicted molar refractivity (Wildman–Crippen MR) is 95.2 cm³/mol. The zero-order valence-electron chi connectivity index (χ0n) is 14.8. The van der Waals surface area contributed by atoms with Gasteiger partial charge in [-0.3, -0.25) is 9.69 Å². The van der Waals surface area contributed by atoms with E-state index in [1.807, 2.05) is 38.1 Å². The lowest BCUT2D eigenvalue weighted by atomic mass is 9.99. The first-order valence-corrected chi connectivity index (χ1v) is 8.92. The molecule has 2 N–H and O–H groups in total. The number of nitrogens with one attached hydrogen (secondary N) is 1. The van der Waals surface area contributed by atoms with Crippen LogP contribution in [0.25, 0.3) is 0 Å². The highest BCUT2D eigenvalue weighted by molar-refractivity contribution is 5.78. The molecule has 1 heterocycles. The van der Waals surface area contributed by atoms with E-state index in [0.29, 0.717) is 19.0 Å². The van der Waals surface area contributed by atoms with Gasteiger partial charge >= 0.3 is 0 Å². The van der Waals surface area contributed by atoms with Gasteiger partial charge in [-0.05, 0) is 63.3 Å². The SMILES string of the molecule is CC(C)Oc1ccc(CCNC(=O)CN2CCCC(CO)C2)cc1. The average Bonchev–Trinajstić information content (AvgIpc) is 2.56. The van der Waals surface area contributed by atoms with Crippen molar-refractivity contribution in [2.75, 3.05) is 32.8 Å². The summed E-state index contributed by atoms with van der Waals surface area (Å²) in [5.74, 6) is 1.26. The second-order valence-corrected chi connectivity index (χ2v) is 6.84. The molecule has 5 nitrogen and oxygen atoms in total. The van der Waals surface area contributed by atoms with E-state index in [-0.39, 0.29) is 18.6 Å². The van der Waals surface area contributed by atoms with Crippen molar-refractivity contribution >= 4 is 5.91 Å². The van der Waals surface area contributed by atoms with Crippen LogP contribution in [0.2, 0.25) is 0 Å². The Morgan fingerprint density at radius 1 is 1.38 bits per heavy atom. The van der Waals surface area contributed by atoms with Crippen LogP contribution in [0.5, 0.6) is 5.75 Å². The van der Waals surface area contributed by atoms with Crippen molar-refractivity contribution in [3.8, 4) is 5.75 Å². The number of likely N-dealkylation sites (tertiary alicyclic amines) is 1. The number of ether oxygens (including phenoxy) is 1. The molecule has 0 spiro atoms. The lowest BCUT2D eigenvalue weighted by Crippen LogP contribution is -2.43. The molecule has 1 amide bonds. The Kier molecular flexibility index (Phi) is 7.53. The van der Waals surface area contributed by atoms with Gasteiger partial charge in [-0.2, -0.15) is 0 Å². The Morgan fingerprint density at radius 3 is 2.79 bits per heavy atom. The van der Waals surface area contributed by atoms with Gasteiger partial charge in [-0.1, -0.05) is 12.1 Å². The maximum Gasteiger partial charge on any atom is 0.234 e. The van der Waals surface area contributed by atoms with Gasteiger partial charge in [0.1, 0.15) is 5.75 Å². The molecule has 0 aliphatic carbocycles. The Bertz CT molecular complexity index is 502. The molecule has 1 saturated heterocycles. The molecular weight excluding hydrogens is 304 g/mol. The van der Waals surface area contributed by atoms with Crippen molar-refractivity contribution in [2.45, 2.75) is 39.2 Å². The Morgan fingerprint density at radius 2 is 2.12 bits per heavy atom. The van der Waals surface area contributed by atoms with E-state index < -0.39 is 0 Å². The summed E-state index contributed by atoms with van der Waals surface area (Å²) >= 11 is 0. The number of carbonyl (C=O) groups excluding carboxylic acids is 1. The summed E-state index contributed by atoms with van der Waals surface area (Å²) in [6, 6.07) is 8.03. The molecular formula is C19H30N2O3. The van der Waals surface area contributed by atoms with Gasteiger partial charge in [0, 0.05) is 19.7 Å². The van der Waals surface area contributed by atoms with Crippen LogP contribution in [0, 0.1) is 5.92 Å². The summed E-state index contributed by atoms with van der Waals surface area (Å²) in [6.07, 6.45) is 3.11. The van der Waals surface area contributed by atoms with Crippen LogP contribution in [0.1, 0.15) is 32.3 Å². The van der Waals surface area contributed by atoms with Crippen molar-refractivity contribution in [2.24, 2.45) is 5.92 Å². The van der Waals surface area contributed by atoms with Gasteiger partial charge < -0.3 is 15.2 Å². The molecule has 1 aliphatic rings. The minimum Gasteiger partial charge on any atom is -0.491 e. The molecule has 0 radical (unpaired) electrons. The summed E-state index contributed by atoms with van der Waals surface area (Å²) in [5.41, 5.74) is 1.18. The minimum absolute atomic E-state index is 0.0633. The zero-order chi connectivity index (χ0) is 17.4. The molecule has 24 heavy (non-hydrogen) atoms. The number of hydrogen-bond acceptors (Lipinski definition) is 4. The first kappa shape index (κ1) is 18.7. The summed E-state index contributed by atoms with van der Waals surface area (Å²) in [5, 5.41) is 12.2. The minimum atomic E-state index is 0.0633. The molecule has 1 aromatic rings. The van der Waals surface area contributed by atoms with Crippen LogP contribution < -0.4 is 10.1 Å². The molecule has 1 unspecified atom stereocenters. The van der Waals surface area contributed by atoms with Crippen molar-refractivity contribution in [3.63, 3.8) is 0 Å². The number of benzene rings is 1. The molecule has 1 aromatic carbocycles. The standard InChI is InChI=1S/C19H30N2O3/c1-15(2)24-18-7-5-16(6-8-18)9-10-20-19(23)13-21-11-3-4-17(12-21)14-22/h5-8,15,17,22H,3-4,9-14H2,1-2H3,(H,20,23). The summed E-state index contributed by atoms with van der Waals surface area (Å²) < 4.78 is 5.62. The number of amides is 1. The number of nitrogens with zero attached hydrogens (tertiary/aromatic N) is 1. The van der Waals surface area contributed by atoms with E-state index in [2.05, 4.69) is 10.2 Å². The molecule has 134 valence electrons. The quantitative estimate of drug-likeness (QED) is 0.761. The van der Waals surface area contributed by atoms with Crippen LogP contribution in [0.15, 0.2) is 24.3 Å². The Balaban J connectivity index is 1.67. The monoisotopic (exact) mass is 334 g/mol. The number of carbonyl (C=O) groups is 1. The molecule has 2 rings (SSSR count). The highest BCUT2D eigenvalue weighted by Gasteiger charge is 2.20. The number of rotatable bonds is 8. The largest absolute Gasteiger partial charge is 0.491 e. The lowest BCUT2D eigenvalue weighted by molar-refractivity contribution is -0.122. The molecule has 1 aliphatic heterocycles. The zero-order valence-corrected chi connectivity index (χ0v) is 14.8. The van der Waals surface area contributed by atoms with E-state index >= 15 is 0 Å². The molecule has 0 bridgehead atoms. The fourth-order valence-electron chi connectivity index (χ4n) is 3.06. The summed E-state index contributed by atoms with van der Waals surface area (Å²) in [6.45, 7) is 7.07. The van der Waals surface area contributed by atoms with Gasteiger partial charge in [0.05, 0.1) is 12.6 Å². The van der Waals surface area contributed by atoms with E-state index in [1.165, 1.54) is 5.56 Å². The summed E-state index contributed by atoms with van der Waals surface area (Å²) in [7, 11) is 0. The topological polar surface area (TPSA) is 61.8 Å². The first-order valence-electron chi connectivity index (χ1n) is 8.92. The first-order chi connectivity index (χ1) is 11.6. The van der Waals surface area contributed by atoms with Crippen LogP contribution >= 0.6 is 0 Å². The maximum absolute atomic E-state index is 12.0. The Hall–Kier alpha value is -1.59. The average molecular weight is 334 g/mol. The maximum atomic E-state index is 12.0.